The predicted molar refractivity (Wildman–Crippen MR) is 71.4 cm³/mol. The maximum absolute atomic E-state index is 13.0. The average molecular weight is 268 g/mol. The molecule has 1 N–H and O–H groups in total. The van der Waals surface area contributed by atoms with Gasteiger partial charge in [-0.3, -0.25) is 4.68 Å². The lowest BCUT2D eigenvalue weighted by Crippen LogP contribution is -2.08. The van der Waals surface area contributed by atoms with E-state index in [0.717, 1.165) is 23.6 Å². The Morgan fingerprint density at radius 2 is 2.22 bits per heavy atom. The van der Waals surface area contributed by atoms with E-state index in [4.69, 9.17) is 11.6 Å². The van der Waals surface area contributed by atoms with Crippen LogP contribution in [0.4, 0.5) is 10.1 Å². The predicted octanol–water partition coefficient (Wildman–Crippen LogP) is 3.62. The van der Waals surface area contributed by atoms with Gasteiger partial charge in [-0.2, -0.15) is 5.10 Å². The van der Waals surface area contributed by atoms with E-state index in [0.29, 0.717) is 11.6 Å². The Labute approximate surface area is 111 Å². The summed E-state index contributed by atoms with van der Waals surface area (Å²) in [6.07, 6.45) is 0. The van der Waals surface area contributed by atoms with Gasteiger partial charge in [-0.25, -0.2) is 4.39 Å². The number of halogens is 2. The molecule has 0 saturated carbocycles. The number of benzene rings is 1. The molecule has 96 valence electrons. The van der Waals surface area contributed by atoms with Crippen molar-refractivity contribution in [2.75, 3.05) is 5.32 Å². The van der Waals surface area contributed by atoms with E-state index in [2.05, 4.69) is 10.4 Å². The van der Waals surface area contributed by atoms with Crippen molar-refractivity contribution in [1.82, 2.24) is 9.78 Å². The van der Waals surface area contributed by atoms with E-state index >= 15 is 0 Å². The van der Waals surface area contributed by atoms with Gasteiger partial charge in [0.2, 0.25) is 0 Å². The number of nitrogens with one attached hydrogen (secondary N) is 1. The van der Waals surface area contributed by atoms with Crippen LogP contribution < -0.4 is 5.32 Å². The third kappa shape index (κ3) is 2.64. The Balaban J connectivity index is 2.15. The van der Waals surface area contributed by atoms with Gasteiger partial charge in [0.1, 0.15) is 5.82 Å². The highest BCUT2D eigenvalue weighted by Crippen LogP contribution is 2.21. The molecule has 0 aliphatic rings. The van der Waals surface area contributed by atoms with Gasteiger partial charge in [0.25, 0.3) is 0 Å². The average Bonchev–Trinajstić information content (AvgIpc) is 2.63. The lowest BCUT2D eigenvalue weighted by molar-refractivity contribution is 0.621. The summed E-state index contributed by atoms with van der Waals surface area (Å²) in [4.78, 5) is 0. The zero-order valence-electron chi connectivity index (χ0n) is 10.4. The number of hydrogen-bond acceptors (Lipinski definition) is 2. The standard InChI is InChI=1S/C13H15ClFN3/c1-3-18-12(13(14)9(2)17-18)8-16-11-6-4-5-10(15)7-11/h4-7,16H,3,8H2,1-2H3. The van der Waals surface area contributed by atoms with Crippen LogP contribution in [0.15, 0.2) is 24.3 Å². The second kappa shape index (κ2) is 5.40. The zero-order valence-corrected chi connectivity index (χ0v) is 11.1. The van der Waals surface area contributed by atoms with E-state index in [1.165, 1.54) is 12.1 Å². The van der Waals surface area contributed by atoms with Crippen molar-refractivity contribution in [3.8, 4) is 0 Å². The first kappa shape index (κ1) is 12.9. The van der Waals surface area contributed by atoms with Crippen LogP contribution in [0.3, 0.4) is 0 Å². The Morgan fingerprint density at radius 3 is 2.89 bits per heavy atom. The van der Waals surface area contributed by atoms with Crippen molar-refractivity contribution < 1.29 is 4.39 Å². The van der Waals surface area contributed by atoms with Crippen molar-refractivity contribution in [2.24, 2.45) is 0 Å². The Morgan fingerprint density at radius 1 is 1.44 bits per heavy atom. The topological polar surface area (TPSA) is 29.9 Å². The van der Waals surface area contributed by atoms with Gasteiger partial charge in [0.05, 0.1) is 23.0 Å². The summed E-state index contributed by atoms with van der Waals surface area (Å²) < 4.78 is 14.9. The van der Waals surface area contributed by atoms with Crippen molar-refractivity contribution in [3.05, 3.63) is 46.5 Å². The molecule has 0 saturated heterocycles. The van der Waals surface area contributed by atoms with E-state index in [1.807, 2.05) is 24.6 Å². The first-order valence-electron chi connectivity index (χ1n) is 5.83. The summed E-state index contributed by atoms with van der Waals surface area (Å²) in [5.41, 5.74) is 2.46. The fraction of sp³-hybridized carbons (Fsp3) is 0.308. The van der Waals surface area contributed by atoms with Gasteiger partial charge in [0, 0.05) is 12.2 Å². The molecule has 0 aliphatic carbocycles. The molecular formula is C13H15ClFN3. The number of anilines is 1. The molecular weight excluding hydrogens is 253 g/mol. The maximum Gasteiger partial charge on any atom is 0.125 e. The molecule has 3 nitrogen and oxygen atoms in total. The van der Waals surface area contributed by atoms with Gasteiger partial charge in [-0.05, 0) is 32.0 Å². The van der Waals surface area contributed by atoms with Crippen LogP contribution in [0.2, 0.25) is 5.02 Å². The lowest BCUT2D eigenvalue weighted by atomic mass is 10.3. The molecule has 1 heterocycles. The van der Waals surface area contributed by atoms with E-state index in [1.54, 1.807) is 6.07 Å². The van der Waals surface area contributed by atoms with Crippen molar-refractivity contribution in [2.45, 2.75) is 26.9 Å². The van der Waals surface area contributed by atoms with E-state index in [-0.39, 0.29) is 5.82 Å². The largest absolute Gasteiger partial charge is 0.379 e. The quantitative estimate of drug-likeness (QED) is 0.917. The number of aromatic nitrogens is 2. The third-order valence-corrected chi connectivity index (χ3v) is 3.23. The zero-order chi connectivity index (χ0) is 13.1. The number of rotatable bonds is 4. The summed E-state index contributed by atoms with van der Waals surface area (Å²) in [5, 5.41) is 8.14. The fourth-order valence-corrected chi connectivity index (χ4v) is 2.02. The minimum atomic E-state index is -0.258. The first-order chi connectivity index (χ1) is 8.61. The van der Waals surface area contributed by atoms with E-state index < -0.39 is 0 Å². The molecule has 2 aromatic rings. The smallest absolute Gasteiger partial charge is 0.125 e. The van der Waals surface area contributed by atoms with Crippen LogP contribution in [0.25, 0.3) is 0 Å². The first-order valence-corrected chi connectivity index (χ1v) is 6.20. The van der Waals surface area contributed by atoms with Crippen LogP contribution in [-0.2, 0) is 13.1 Å². The van der Waals surface area contributed by atoms with Gasteiger partial charge >= 0.3 is 0 Å². The Hall–Kier alpha value is -1.55. The number of aryl methyl sites for hydroxylation is 2. The second-order valence-electron chi connectivity index (χ2n) is 4.03. The Bertz CT molecular complexity index is 551. The molecule has 0 atom stereocenters. The van der Waals surface area contributed by atoms with Gasteiger partial charge < -0.3 is 5.32 Å². The van der Waals surface area contributed by atoms with Crippen molar-refractivity contribution in [1.29, 1.82) is 0 Å². The normalized spacial score (nSPS) is 10.7. The van der Waals surface area contributed by atoms with Crippen molar-refractivity contribution in [3.63, 3.8) is 0 Å². The van der Waals surface area contributed by atoms with Gasteiger partial charge in [0.15, 0.2) is 0 Å². The van der Waals surface area contributed by atoms with Crippen LogP contribution in [-0.4, -0.2) is 9.78 Å². The summed E-state index contributed by atoms with van der Waals surface area (Å²) in [6, 6.07) is 6.35. The molecule has 0 bridgehead atoms. The lowest BCUT2D eigenvalue weighted by Gasteiger charge is -2.08. The summed E-state index contributed by atoms with van der Waals surface area (Å²) in [7, 11) is 0. The fourth-order valence-electron chi connectivity index (χ4n) is 1.82. The third-order valence-electron chi connectivity index (χ3n) is 2.74. The highest BCUT2D eigenvalue weighted by molar-refractivity contribution is 6.31. The van der Waals surface area contributed by atoms with Gasteiger partial charge in [-0.1, -0.05) is 17.7 Å². The number of nitrogens with zero attached hydrogens (tertiary/aromatic N) is 2. The summed E-state index contributed by atoms with van der Waals surface area (Å²) >= 11 is 6.19. The maximum atomic E-state index is 13.0. The second-order valence-corrected chi connectivity index (χ2v) is 4.40. The summed E-state index contributed by atoms with van der Waals surface area (Å²) in [6.45, 7) is 5.17. The molecule has 0 aliphatic heterocycles. The molecule has 1 aromatic carbocycles. The minimum absolute atomic E-state index is 0.258. The molecule has 0 amide bonds. The van der Waals surface area contributed by atoms with Crippen molar-refractivity contribution >= 4 is 17.3 Å². The molecule has 0 spiro atoms. The van der Waals surface area contributed by atoms with E-state index in [9.17, 15) is 4.39 Å². The molecule has 1 aromatic heterocycles. The molecule has 0 unspecified atom stereocenters. The highest BCUT2D eigenvalue weighted by Gasteiger charge is 2.11. The minimum Gasteiger partial charge on any atom is -0.379 e. The Kier molecular flexibility index (Phi) is 3.87. The van der Waals surface area contributed by atoms with Crippen LogP contribution in [0.1, 0.15) is 18.3 Å². The van der Waals surface area contributed by atoms with Crippen LogP contribution >= 0.6 is 11.6 Å². The molecule has 5 heteroatoms. The summed E-state index contributed by atoms with van der Waals surface area (Å²) in [5.74, 6) is -0.258. The SMILES string of the molecule is CCn1nc(C)c(Cl)c1CNc1cccc(F)c1. The van der Waals surface area contributed by atoms with Crippen LogP contribution in [0, 0.1) is 12.7 Å². The molecule has 0 fully saturated rings. The molecule has 2 rings (SSSR count). The highest BCUT2D eigenvalue weighted by atomic mass is 35.5. The molecule has 0 radical (unpaired) electrons. The molecule has 18 heavy (non-hydrogen) atoms. The van der Waals surface area contributed by atoms with Crippen LogP contribution in [0.5, 0.6) is 0 Å². The monoisotopic (exact) mass is 267 g/mol. The number of hydrogen-bond donors (Lipinski definition) is 1. The van der Waals surface area contributed by atoms with Gasteiger partial charge in [-0.15, -0.1) is 0 Å².